The monoisotopic (exact) mass is 186 g/mol. The van der Waals surface area contributed by atoms with Crippen LogP contribution in [0.25, 0.3) is 0 Å². The van der Waals surface area contributed by atoms with E-state index in [0.717, 1.165) is 0 Å². The van der Waals surface area contributed by atoms with E-state index in [1.54, 1.807) is 18.2 Å². The predicted molar refractivity (Wildman–Crippen MR) is 47.0 cm³/mol. The van der Waals surface area contributed by atoms with Crippen LogP contribution < -0.4 is 0 Å². The Kier molecular flexibility index (Phi) is 3.62. The number of aliphatic hydroxyl groups excluding tert-OH is 2. The van der Waals surface area contributed by atoms with E-state index in [4.69, 9.17) is 9.47 Å². The Bertz CT molecular complexity index is 222. The second kappa shape index (κ2) is 4.53. The van der Waals surface area contributed by atoms with Crippen molar-refractivity contribution in [3.63, 3.8) is 0 Å². The van der Waals surface area contributed by atoms with Crippen LogP contribution in [-0.4, -0.2) is 42.9 Å². The Labute approximate surface area is 77.1 Å². The molecule has 0 fully saturated rings. The Morgan fingerprint density at radius 1 is 1.46 bits per heavy atom. The molecule has 0 heterocycles. The molecule has 0 saturated carbocycles. The molecule has 0 radical (unpaired) electrons. The fourth-order valence-electron chi connectivity index (χ4n) is 1.17. The molecular formula is C9H14O4. The summed E-state index contributed by atoms with van der Waals surface area (Å²) in [6.45, 7) is 0. The highest BCUT2D eigenvalue weighted by atomic mass is 16.6. The lowest BCUT2D eigenvalue weighted by molar-refractivity contribution is -0.0449. The number of ether oxygens (including phenoxy) is 2. The van der Waals surface area contributed by atoms with E-state index in [1.165, 1.54) is 14.2 Å². The number of aliphatic hydroxyl groups is 2. The molecule has 1 aliphatic rings. The molecule has 1 rings (SSSR count). The summed E-state index contributed by atoms with van der Waals surface area (Å²) < 4.78 is 9.70. The third kappa shape index (κ3) is 2.38. The van der Waals surface area contributed by atoms with Gasteiger partial charge in [-0.05, 0) is 6.08 Å². The van der Waals surface area contributed by atoms with Gasteiger partial charge in [0.05, 0.1) is 0 Å². The molecule has 0 saturated heterocycles. The second-order valence-corrected chi connectivity index (χ2v) is 2.80. The largest absolute Gasteiger partial charge is 0.386 e. The lowest BCUT2D eigenvalue weighted by Gasteiger charge is -2.22. The van der Waals surface area contributed by atoms with E-state index in [0.29, 0.717) is 5.57 Å². The maximum Gasteiger partial charge on any atom is 0.180 e. The molecule has 0 aliphatic heterocycles. The summed E-state index contributed by atoms with van der Waals surface area (Å²) in [7, 11) is 2.91. The summed E-state index contributed by atoms with van der Waals surface area (Å²) in [5.74, 6) is 0. The molecular weight excluding hydrogens is 172 g/mol. The number of hydrogen-bond acceptors (Lipinski definition) is 4. The third-order valence-corrected chi connectivity index (χ3v) is 1.96. The summed E-state index contributed by atoms with van der Waals surface area (Å²) in [5, 5.41) is 18.7. The standard InChI is InChI=1S/C9H14O4/c1-12-8-5-6(9(11)13-2)3-4-7(8)10/h3-5,7-11H,1-2H3. The van der Waals surface area contributed by atoms with Crippen molar-refractivity contribution in [2.24, 2.45) is 0 Å². The zero-order valence-corrected chi connectivity index (χ0v) is 7.68. The average molecular weight is 186 g/mol. The van der Waals surface area contributed by atoms with E-state index in [9.17, 15) is 10.2 Å². The van der Waals surface area contributed by atoms with Crippen LogP contribution in [0.5, 0.6) is 0 Å². The molecule has 13 heavy (non-hydrogen) atoms. The van der Waals surface area contributed by atoms with Crippen molar-refractivity contribution >= 4 is 0 Å². The lowest BCUT2D eigenvalue weighted by atomic mass is 10.0. The summed E-state index contributed by atoms with van der Waals surface area (Å²) in [6, 6.07) is 0. The Morgan fingerprint density at radius 2 is 2.15 bits per heavy atom. The van der Waals surface area contributed by atoms with Gasteiger partial charge in [-0.3, -0.25) is 0 Å². The molecule has 0 aromatic carbocycles. The van der Waals surface area contributed by atoms with Crippen LogP contribution in [0, 0.1) is 0 Å². The van der Waals surface area contributed by atoms with Gasteiger partial charge in [-0.2, -0.15) is 0 Å². The molecule has 0 bridgehead atoms. The van der Waals surface area contributed by atoms with Crippen molar-refractivity contribution in [2.75, 3.05) is 14.2 Å². The van der Waals surface area contributed by atoms with Crippen molar-refractivity contribution in [2.45, 2.75) is 18.5 Å². The molecule has 4 heteroatoms. The zero-order chi connectivity index (χ0) is 9.84. The molecule has 1 aliphatic carbocycles. The smallest absolute Gasteiger partial charge is 0.180 e. The molecule has 0 aromatic heterocycles. The fourth-order valence-corrected chi connectivity index (χ4v) is 1.17. The third-order valence-electron chi connectivity index (χ3n) is 1.96. The summed E-state index contributed by atoms with van der Waals surface area (Å²) in [5.41, 5.74) is 0.597. The maximum absolute atomic E-state index is 9.36. The van der Waals surface area contributed by atoms with Crippen LogP contribution >= 0.6 is 0 Å². The van der Waals surface area contributed by atoms with Crippen molar-refractivity contribution < 1.29 is 19.7 Å². The van der Waals surface area contributed by atoms with Gasteiger partial charge in [0.15, 0.2) is 6.29 Å². The first kappa shape index (κ1) is 10.4. The Hall–Kier alpha value is -0.680. The van der Waals surface area contributed by atoms with Crippen molar-refractivity contribution in [3.05, 3.63) is 23.8 Å². The summed E-state index contributed by atoms with van der Waals surface area (Å²) >= 11 is 0. The van der Waals surface area contributed by atoms with Crippen molar-refractivity contribution in [3.8, 4) is 0 Å². The topological polar surface area (TPSA) is 58.9 Å². The molecule has 0 spiro atoms. The zero-order valence-electron chi connectivity index (χ0n) is 7.68. The van der Waals surface area contributed by atoms with E-state index in [-0.39, 0.29) is 0 Å². The molecule has 0 aromatic rings. The van der Waals surface area contributed by atoms with Crippen LogP contribution in [-0.2, 0) is 9.47 Å². The van der Waals surface area contributed by atoms with Crippen LogP contribution in [0.15, 0.2) is 23.8 Å². The lowest BCUT2D eigenvalue weighted by Crippen LogP contribution is -2.28. The molecule has 3 unspecified atom stereocenters. The van der Waals surface area contributed by atoms with Gasteiger partial charge in [0, 0.05) is 19.8 Å². The molecule has 3 atom stereocenters. The van der Waals surface area contributed by atoms with Gasteiger partial charge < -0.3 is 19.7 Å². The predicted octanol–water partition coefficient (Wildman–Crippen LogP) is -0.177. The van der Waals surface area contributed by atoms with E-state index in [2.05, 4.69) is 0 Å². The highest BCUT2D eigenvalue weighted by Gasteiger charge is 2.20. The van der Waals surface area contributed by atoms with E-state index in [1.807, 2.05) is 0 Å². The van der Waals surface area contributed by atoms with Gasteiger partial charge in [0.25, 0.3) is 0 Å². The second-order valence-electron chi connectivity index (χ2n) is 2.80. The highest BCUT2D eigenvalue weighted by molar-refractivity contribution is 5.29. The quantitative estimate of drug-likeness (QED) is 0.600. The van der Waals surface area contributed by atoms with Crippen LogP contribution in [0.1, 0.15) is 0 Å². The highest BCUT2D eigenvalue weighted by Crippen LogP contribution is 2.16. The SMILES string of the molecule is COC(O)C1=CC(OC)C(O)C=C1. The first-order valence-corrected chi connectivity index (χ1v) is 4.00. The Balaban J connectivity index is 2.72. The van der Waals surface area contributed by atoms with Crippen molar-refractivity contribution in [1.29, 1.82) is 0 Å². The van der Waals surface area contributed by atoms with Gasteiger partial charge in [-0.15, -0.1) is 0 Å². The van der Waals surface area contributed by atoms with Crippen LogP contribution in [0.4, 0.5) is 0 Å². The summed E-state index contributed by atoms with van der Waals surface area (Å²) in [4.78, 5) is 0. The number of rotatable bonds is 3. The first-order valence-electron chi connectivity index (χ1n) is 4.00. The molecule has 2 N–H and O–H groups in total. The minimum Gasteiger partial charge on any atom is -0.386 e. The van der Waals surface area contributed by atoms with Gasteiger partial charge in [-0.25, -0.2) is 0 Å². The average Bonchev–Trinajstić information content (AvgIpc) is 2.17. The van der Waals surface area contributed by atoms with E-state index >= 15 is 0 Å². The minimum absolute atomic E-state index is 0.412. The first-order chi connectivity index (χ1) is 6.19. The number of methoxy groups -OCH3 is 2. The maximum atomic E-state index is 9.36. The Morgan fingerprint density at radius 3 is 2.69 bits per heavy atom. The van der Waals surface area contributed by atoms with Crippen LogP contribution in [0.2, 0.25) is 0 Å². The van der Waals surface area contributed by atoms with Crippen LogP contribution in [0.3, 0.4) is 0 Å². The minimum atomic E-state index is -0.957. The van der Waals surface area contributed by atoms with Gasteiger partial charge in [-0.1, -0.05) is 12.2 Å². The van der Waals surface area contributed by atoms with E-state index < -0.39 is 18.5 Å². The normalized spacial score (nSPS) is 30.0. The summed E-state index contributed by atoms with van der Waals surface area (Å²) in [6.07, 6.45) is 2.79. The van der Waals surface area contributed by atoms with Gasteiger partial charge in [0.2, 0.25) is 0 Å². The fraction of sp³-hybridized carbons (Fsp3) is 0.556. The number of hydrogen-bond donors (Lipinski definition) is 2. The molecule has 4 nitrogen and oxygen atoms in total. The van der Waals surface area contributed by atoms with Crippen molar-refractivity contribution in [1.82, 2.24) is 0 Å². The van der Waals surface area contributed by atoms with Gasteiger partial charge >= 0.3 is 0 Å². The van der Waals surface area contributed by atoms with Gasteiger partial charge in [0.1, 0.15) is 12.2 Å². The molecule has 0 amide bonds. The molecule has 74 valence electrons.